The molecule has 0 aliphatic carbocycles. The van der Waals surface area contributed by atoms with Crippen molar-refractivity contribution < 1.29 is 75.1 Å². The van der Waals surface area contributed by atoms with Gasteiger partial charge >= 0.3 is 39.5 Å². The zero-order valence-corrected chi connectivity index (χ0v) is 29.4. The SMILES string of the molecule is COC(=O)CCCCCOP(=O)(O)OCCCCCC(=O)OC.COC(=O)CCCCCOP(=O)(O)OCCCCCC(=O)OC. The Bertz CT molecular complexity index is 778. The number of rotatable bonds is 28. The van der Waals surface area contributed by atoms with Gasteiger partial charge in [-0.3, -0.25) is 37.3 Å². The summed E-state index contributed by atoms with van der Waals surface area (Å²) in [4.78, 5) is 62.4. The van der Waals surface area contributed by atoms with Crippen molar-refractivity contribution in [2.45, 2.75) is 103 Å². The minimum Gasteiger partial charge on any atom is -0.469 e. The maximum absolute atomic E-state index is 11.6. The normalized spacial score (nSPS) is 11.3. The molecule has 0 atom stereocenters. The first-order valence-corrected chi connectivity index (χ1v) is 18.3. The smallest absolute Gasteiger partial charge is 0.469 e. The Hall–Kier alpha value is -1.90. The molecule has 16 nitrogen and oxygen atoms in total. The molecule has 0 aromatic heterocycles. The maximum Gasteiger partial charge on any atom is 0.472 e. The summed E-state index contributed by atoms with van der Waals surface area (Å²) in [6.45, 7) is 0.378. The van der Waals surface area contributed by atoms with Crippen LogP contribution in [0.2, 0.25) is 0 Å². The minimum atomic E-state index is -4.02. The second-order valence-electron chi connectivity index (χ2n) is 9.82. The van der Waals surface area contributed by atoms with Crippen molar-refractivity contribution in [3.8, 4) is 0 Å². The Labute approximate surface area is 272 Å². The van der Waals surface area contributed by atoms with Crippen LogP contribution in [0.25, 0.3) is 0 Å². The molecule has 0 aromatic carbocycles. The van der Waals surface area contributed by atoms with Crippen molar-refractivity contribution in [1.29, 1.82) is 0 Å². The van der Waals surface area contributed by atoms with Gasteiger partial charge in [0.1, 0.15) is 0 Å². The van der Waals surface area contributed by atoms with E-state index in [2.05, 4.69) is 18.9 Å². The number of hydrogen-bond donors (Lipinski definition) is 2. The molecule has 0 heterocycles. The second-order valence-corrected chi connectivity index (χ2v) is 12.7. The van der Waals surface area contributed by atoms with Gasteiger partial charge in [-0.05, 0) is 51.4 Å². The number of carbonyl (C=O) groups excluding carboxylic acids is 4. The minimum absolute atomic E-state index is 0.0945. The first-order chi connectivity index (χ1) is 21.8. The van der Waals surface area contributed by atoms with Crippen LogP contribution in [-0.2, 0) is 65.4 Å². The van der Waals surface area contributed by atoms with Gasteiger partial charge in [0.15, 0.2) is 0 Å². The Balaban J connectivity index is 0. The van der Waals surface area contributed by atoms with E-state index in [1.807, 2.05) is 0 Å². The van der Waals surface area contributed by atoms with E-state index >= 15 is 0 Å². The number of hydrogen-bond acceptors (Lipinski definition) is 14. The number of phosphoric acid groups is 2. The maximum atomic E-state index is 11.6. The fourth-order valence-corrected chi connectivity index (χ4v) is 4.98. The molecule has 2 N–H and O–H groups in total. The highest BCUT2D eigenvalue weighted by atomic mass is 31.2. The molecule has 0 spiro atoms. The van der Waals surface area contributed by atoms with Crippen LogP contribution in [0.5, 0.6) is 0 Å². The van der Waals surface area contributed by atoms with Crippen LogP contribution in [0.3, 0.4) is 0 Å². The molecule has 0 amide bonds. The van der Waals surface area contributed by atoms with Gasteiger partial charge in [-0.25, -0.2) is 9.13 Å². The van der Waals surface area contributed by atoms with Crippen molar-refractivity contribution >= 4 is 39.5 Å². The van der Waals surface area contributed by atoms with Crippen LogP contribution in [0.1, 0.15) is 103 Å². The molecule has 18 heteroatoms. The Morgan fingerprint density at radius 3 is 0.761 bits per heavy atom. The third kappa shape index (κ3) is 33.5. The number of esters is 4. The monoisotopic (exact) mass is 708 g/mol. The molecule has 0 unspecified atom stereocenters. The van der Waals surface area contributed by atoms with Gasteiger partial charge in [-0.15, -0.1) is 0 Å². The molecule has 0 aromatic rings. The van der Waals surface area contributed by atoms with Crippen molar-refractivity contribution in [1.82, 2.24) is 0 Å². The zero-order chi connectivity index (χ0) is 35.1. The van der Waals surface area contributed by atoms with E-state index in [0.717, 1.165) is 0 Å². The Morgan fingerprint density at radius 1 is 0.391 bits per heavy atom. The Kier molecular flexibility index (Phi) is 30.6. The third-order valence-electron chi connectivity index (χ3n) is 6.03. The lowest BCUT2D eigenvalue weighted by atomic mass is 10.2. The lowest BCUT2D eigenvalue weighted by Gasteiger charge is -2.12. The van der Waals surface area contributed by atoms with E-state index in [1.165, 1.54) is 28.4 Å². The number of phosphoric ester groups is 2. The van der Waals surface area contributed by atoms with E-state index in [9.17, 15) is 38.1 Å². The molecule has 0 saturated heterocycles. The van der Waals surface area contributed by atoms with Crippen molar-refractivity contribution in [2.24, 2.45) is 0 Å². The van der Waals surface area contributed by atoms with Gasteiger partial charge < -0.3 is 28.7 Å². The van der Waals surface area contributed by atoms with E-state index in [-0.39, 0.29) is 50.3 Å². The lowest BCUT2D eigenvalue weighted by Crippen LogP contribution is -2.02. The second kappa shape index (κ2) is 30.4. The summed E-state index contributed by atoms with van der Waals surface area (Å²) in [5.41, 5.74) is 0. The van der Waals surface area contributed by atoms with E-state index < -0.39 is 15.6 Å². The predicted molar refractivity (Wildman–Crippen MR) is 165 cm³/mol. The molecular formula is C28H54O16P2. The van der Waals surface area contributed by atoms with Gasteiger partial charge in [0.05, 0.1) is 54.9 Å². The molecule has 0 fully saturated rings. The fraction of sp³-hybridized carbons (Fsp3) is 0.857. The molecule has 46 heavy (non-hydrogen) atoms. The van der Waals surface area contributed by atoms with Gasteiger partial charge in [0, 0.05) is 25.7 Å². The van der Waals surface area contributed by atoms with Crippen LogP contribution in [0.4, 0.5) is 0 Å². The average molecular weight is 709 g/mol. The number of ether oxygens (including phenoxy) is 4. The van der Waals surface area contributed by atoms with Crippen LogP contribution < -0.4 is 0 Å². The van der Waals surface area contributed by atoms with Gasteiger partial charge in [-0.2, -0.15) is 0 Å². The largest absolute Gasteiger partial charge is 0.472 e. The first kappa shape index (κ1) is 46.2. The lowest BCUT2D eigenvalue weighted by molar-refractivity contribution is -0.141. The molecule has 0 bridgehead atoms. The van der Waals surface area contributed by atoms with Gasteiger partial charge in [0.2, 0.25) is 0 Å². The van der Waals surface area contributed by atoms with Crippen molar-refractivity contribution in [3.63, 3.8) is 0 Å². The van der Waals surface area contributed by atoms with Crippen LogP contribution in [0, 0.1) is 0 Å². The Morgan fingerprint density at radius 2 is 0.587 bits per heavy atom. The standard InChI is InChI=1S/2C14H27O8P/c2*1-19-13(15)9-5-3-7-11-21-23(17,18)22-12-8-4-6-10-14(16)20-2/h2*3-12H2,1-2H3,(H,17,18). The van der Waals surface area contributed by atoms with Crippen molar-refractivity contribution in [2.75, 3.05) is 54.9 Å². The highest BCUT2D eigenvalue weighted by Crippen LogP contribution is 2.44. The average Bonchev–Trinajstić information content (AvgIpc) is 3.03. The van der Waals surface area contributed by atoms with E-state index in [1.54, 1.807) is 0 Å². The van der Waals surface area contributed by atoms with Gasteiger partial charge in [-0.1, -0.05) is 25.7 Å². The van der Waals surface area contributed by atoms with Crippen LogP contribution >= 0.6 is 15.6 Å². The van der Waals surface area contributed by atoms with Gasteiger partial charge in [0.25, 0.3) is 0 Å². The summed E-state index contributed by atoms with van der Waals surface area (Å²) in [6, 6.07) is 0. The van der Waals surface area contributed by atoms with Crippen molar-refractivity contribution in [3.05, 3.63) is 0 Å². The van der Waals surface area contributed by atoms with E-state index in [0.29, 0.717) is 103 Å². The summed E-state index contributed by atoms with van der Waals surface area (Å²) < 4.78 is 60.4. The highest BCUT2D eigenvalue weighted by Gasteiger charge is 2.21. The van der Waals surface area contributed by atoms with E-state index in [4.69, 9.17) is 18.1 Å². The summed E-state index contributed by atoms with van der Waals surface area (Å²) >= 11 is 0. The molecule has 0 aliphatic rings. The predicted octanol–water partition coefficient (Wildman–Crippen LogP) is 5.17. The quantitative estimate of drug-likeness (QED) is 0.0463. The van der Waals surface area contributed by atoms with Crippen LogP contribution in [0.15, 0.2) is 0 Å². The molecule has 0 aliphatic heterocycles. The first-order valence-electron chi connectivity index (χ1n) is 15.3. The summed E-state index contributed by atoms with van der Waals surface area (Å²) in [6.07, 6.45) is 8.92. The number of unbranched alkanes of at least 4 members (excludes halogenated alkanes) is 8. The molecule has 0 saturated carbocycles. The topological polar surface area (TPSA) is 217 Å². The van der Waals surface area contributed by atoms with Crippen LogP contribution in [-0.4, -0.2) is 88.5 Å². The molecule has 272 valence electrons. The summed E-state index contributed by atoms with van der Waals surface area (Å²) in [5, 5.41) is 0. The molecule has 0 rings (SSSR count). The highest BCUT2D eigenvalue weighted by molar-refractivity contribution is 7.47. The summed E-state index contributed by atoms with van der Waals surface area (Å²) in [7, 11) is -2.71. The zero-order valence-electron chi connectivity index (χ0n) is 27.6. The number of carbonyl (C=O) groups is 4. The molecular weight excluding hydrogens is 654 g/mol. The number of methoxy groups -OCH3 is 4. The summed E-state index contributed by atoms with van der Waals surface area (Å²) in [5.74, 6) is -1.08. The fourth-order valence-electron chi connectivity index (χ4n) is 3.40. The third-order valence-corrected chi connectivity index (χ3v) is 8.06. The molecule has 0 radical (unpaired) electrons.